The molecule has 1 heterocycles. The van der Waals surface area contributed by atoms with Crippen LogP contribution in [0.2, 0.25) is 0 Å². The maximum Gasteiger partial charge on any atom is 0.554 e. The second-order valence-corrected chi connectivity index (χ2v) is 4.11. The normalized spacial score (nSPS) is 8.38. The quantitative estimate of drug-likeness (QED) is 0.472. The van der Waals surface area contributed by atoms with E-state index in [0.29, 0.717) is 6.03 Å². The van der Waals surface area contributed by atoms with Gasteiger partial charge in [-0.05, 0) is 16.7 Å². The molecule has 122 valence electrons. The molecule has 0 N–H and O–H groups in total. The molecule has 1 aromatic carbocycles. The van der Waals surface area contributed by atoms with Crippen molar-refractivity contribution in [1.29, 1.82) is 0 Å². The van der Waals surface area contributed by atoms with Crippen LogP contribution in [-0.4, -0.2) is 59.2 Å². The third kappa shape index (κ3) is 4.89. The predicted octanol–water partition coefficient (Wildman–Crippen LogP) is -1.57. The van der Waals surface area contributed by atoms with E-state index in [-0.39, 0.29) is 18.8 Å². The van der Waals surface area contributed by atoms with E-state index in [1.54, 1.807) is 0 Å². The van der Waals surface area contributed by atoms with Gasteiger partial charge in [0.1, 0.15) is 10.4 Å². The number of aromatic nitrogens is 3. The van der Waals surface area contributed by atoms with Gasteiger partial charge in [-0.25, -0.2) is 0 Å². The Hall–Kier alpha value is -2.39. The number of amides is 2. The molecule has 0 aliphatic rings. The van der Waals surface area contributed by atoms with Crippen molar-refractivity contribution < 1.29 is 23.3 Å². The molecule has 0 bridgehead atoms. The molecular weight excluding hydrogens is 294 g/mol. The van der Waals surface area contributed by atoms with E-state index < -0.39 is 0 Å². The molecule has 0 aliphatic heterocycles. The van der Waals surface area contributed by atoms with E-state index in [2.05, 4.69) is 10.3 Å². The van der Waals surface area contributed by atoms with Crippen LogP contribution in [0.15, 0.2) is 24.3 Å². The third-order valence-electron chi connectivity index (χ3n) is 2.25. The Morgan fingerprint density at radius 2 is 1.52 bits per heavy atom. The average molecular weight is 313 g/mol. The van der Waals surface area contributed by atoms with E-state index in [0.717, 1.165) is 11.0 Å². The summed E-state index contributed by atoms with van der Waals surface area (Å²) in [6.45, 7) is 0. The number of rotatable bonds is 1. The second-order valence-electron chi connectivity index (χ2n) is 4.11. The molecule has 2 rings (SSSR count). The van der Waals surface area contributed by atoms with E-state index >= 15 is 0 Å². The van der Waals surface area contributed by atoms with Gasteiger partial charge in [-0.3, -0.25) is 23.9 Å². The summed E-state index contributed by atoms with van der Waals surface area (Å²) in [5.74, 6) is 0. The zero-order valence-electron chi connectivity index (χ0n) is 12.1. The number of nitrogens with zero attached hydrogens (tertiary/aromatic N) is 5. The number of carbonyl (C=O) groups excluding carboxylic acids is 1. The van der Waals surface area contributed by atoms with Crippen LogP contribution < -0.4 is 4.70 Å². The summed E-state index contributed by atoms with van der Waals surface area (Å²) in [6, 6.07) is 8.34. The lowest BCUT2D eigenvalue weighted by Crippen LogP contribution is -3.00. The minimum absolute atomic E-state index is 0. The number of hydrogen-bond acceptors (Lipinski definition) is 2. The van der Waals surface area contributed by atoms with Crippen molar-refractivity contribution in [3.63, 3.8) is 0 Å². The molecule has 0 radical (unpaired) electrons. The highest BCUT2D eigenvalue weighted by Gasteiger charge is 2.22. The molecule has 6 nitrogen and oxygen atoms in total. The summed E-state index contributed by atoms with van der Waals surface area (Å²) in [6.07, 6.45) is 0. The molecule has 0 unspecified atom stereocenters. The van der Waals surface area contributed by atoms with Crippen LogP contribution in [0.1, 0.15) is 0 Å². The monoisotopic (exact) mass is 313 g/mol. The summed E-state index contributed by atoms with van der Waals surface area (Å²) >= 11 is 0. The smallest absolute Gasteiger partial charge is 0.554 e. The molecule has 0 aliphatic carbocycles. The molecule has 1 aromatic heterocycles. The Morgan fingerprint density at radius 3 is 2.05 bits per heavy atom. The second kappa shape index (κ2) is 9.50. The van der Waals surface area contributed by atoms with Crippen LogP contribution in [0.3, 0.4) is 0 Å². The summed E-state index contributed by atoms with van der Waals surface area (Å²) in [4.78, 5) is 5.16. The van der Waals surface area contributed by atoms with Crippen LogP contribution in [0.4, 0.5) is 18.6 Å². The van der Waals surface area contributed by atoms with Crippen molar-refractivity contribution in [1.82, 2.24) is 25.0 Å². The number of fused-ring (bicyclic) bond motifs is 1. The SMILES string of the molecule is CN(C)C(=[O+]n1nnc2ccccc21)N(C)C.F.F.F.[F-]. The zero-order valence-corrected chi connectivity index (χ0v) is 12.1. The van der Waals surface area contributed by atoms with Crippen molar-refractivity contribution in [2.45, 2.75) is 0 Å². The van der Waals surface area contributed by atoms with Gasteiger partial charge < -0.3 is 4.70 Å². The van der Waals surface area contributed by atoms with E-state index in [1.165, 1.54) is 4.85 Å². The van der Waals surface area contributed by atoms with Crippen LogP contribution in [-0.2, 0) is 0 Å². The van der Waals surface area contributed by atoms with Gasteiger partial charge in [0.05, 0.1) is 0 Å². The molecule has 0 fully saturated rings. The van der Waals surface area contributed by atoms with Crippen LogP contribution in [0, 0.1) is 0 Å². The zero-order chi connectivity index (χ0) is 12.4. The first-order chi connectivity index (χ1) is 8.09. The van der Waals surface area contributed by atoms with Gasteiger partial charge in [0.15, 0.2) is 5.52 Å². The standard InChI is InChI=1S/C11H16N5O.4FH/c1-14(2)11(15(3)4)17-16-10-8-6-5-7-9(10)12-13-16;;;;/h5-8H,1-4H3;4*1H/q+1;;;;/p-1. The molecule has 0 spiro atoms. The van der Waals surface area contributed by atoms with Gasteiger partial charge >= 0.3 is 6.03 Å². The molecule has 2 aromatic rings. The lowest BCUT2D eigenvalue weighted by Gasteiger charge is -2.10. The summed E-state index contributed by atoms with van der Waals surface area (Å²) in [5, 5.41) is 8.00. The fourth-order valence-electron chi connectivity index (χ4n) is 1.56. The number of benzene rings is 1. The molecular formula is C11H19F4N5O. The molecule has 10 heteroatoms. The lowest BCUT2D eigenvalue weighted by atomic mass is 10.3. The first-order valence-electron chi connectivity index (χ1n) is 5.30. The van der Waals surface area contributed by atoms with Crippen LogP contribution in [0.25, 0.3) is 11.0 Å². The first kappa shape index (κ1) is 23.7. The number of hydrogen-bond donors (Lipinski definition) is 0. The summed E-state index contributed by atoms with van der Waals surface area (Å²) in [7, 11) is 7.64. The molecule has 0 atom stereocenters. The number of halogens is 4. The molecule has 2 amide bonds. The Bertz CT molecular complexity index is 548. The largest absolute Gasteiger partial charge is 1.00 e. The summed E-state index contributed by atoms with van der Waals surface area (Å²) < 4.78 is 5.70. The summed E-state index contributed by atoms with van der Waals surface area (Å²) in [5.41, 5.74) is 1.65. The molecule has 21 heavy (non-hydrogen) atoms. The number of para-hydroxylation sites is 1. The maximum atomic E-state index is 5.70. The van der Waals surface area contributed by atoms with E-state index in [9.17, 15) is 0 Å². The molecule has 0 saturated heterocycles. The maximum absolute atomic E-state index is 5.70. The van der Waals surface area contributed by atoms with Crippen molar-refractivity contribution in [3.05, 3.63) is 24.3 Å². The Morgan fingerprint density at radius 1 is 1.00 bits per heavy atom. The Kier molecular flexibility index (Phi) is 10.7. The highest BCUT2D eigenvalue weighted by Crippen LogP contribution is 2.11. The fraction of sp³-hybridized carbons (Fsp3) is 0.364. The fourth-order valence-corrected chi connectivity index (χ4v) is 1.56. The van der Waals surface area contributed by atoms with Gasteiger partial charge in [0.25, 0.3) is 0 Å². The van der Waals surface area contributed by atoms with Crippen molar-refractivity contribution >= 4 is 17.1 Å². The van der Waals surface area contributed by atoms with Crippen LogP contribution >= 0.6 is 0 Å². The van der Waals surface area contributed by atoms with Gasteiger partial charge in [-0.1, -0.05) is 12.1 Å². The third-order valence-corrected chi connectivity index (χ3v) is 2.25. The average Bonchev–Trinajstić information content (AvgIpc) is 2.68. The number of urea groups is 1. The van der Waals surface area contributed by atoms with Gasteiger partial charge in [0.2, 0.25) is 0 Å². The Balaban J connectivity index is -0.000000810. The highest BCUT2D eigenvalue weighted by molar-refractivity contribution is 5.75. The van der Waals surface area contributed by atoms with E-state index in [4.69, 9.17) is 4.53 Å². The van der Waals surface area contributed by atoms with Gasteiger partial charge in [-0.2, -0.15) is 0 Å². The van der Waals surface area contributed by atoms with Gasteiger partial charge in [-0.15, -0.1) is 5.10 Å². The first-order valence-corrected chi connectivity index (χ1v) is 5.30. The minimum Gasteiger partial charge on any atom is -1.00 e. The van der Waals surface area contributed by atoms with Gasteiger partial charge in [0, 0.05) is 33.4 Å². The van der Waals surface area contributed by atoms with Crippen molar-refractivity contribution in [3.8, 4) is 0 Å². The van der Waals surface area contributed by atoms with Crippen molar-refractivity contribution in [2.75, 3.05) is 28.2 Å². The topological polar surface area (TPSA) is 48.5 Å². The van der Waals surface area contributed by atoms with Crippen LogP contribution in [0.5, 0.6) is 0 Å². The highest BCUT2D eigenvalue weighted by atomic mass is 19.0. The molecule has 0 saturated carbocycles. The lowest BCUT2D eigenvalue weighted by molar-refractivity contribution is -0.244. The van der Waals surface area contributed by atoms with Crippen molar-refractivity contribution in [2.24, 2.45) is 0 Å². The van der Waals surface area contributed by atoms with E-state index in [1.807, 2.05) is 62.3 Å². The predicted molar refractivity (Wildman–Crippen MR) is 73.2 cm³/mol. The minimum atomic E-state index is 0. The Labute approximate surface area is 119 Å².